The number of sulfone groups is 1. The van der Waals surface area contributed by atoms with Crippen LogP contribution in [0.25, 0.3) is 5.57 Å². The Hall–Kier alpha value is -3.37. The summed E-state index contributed by atoms with van der Waals surface area (Å²) < 4.78 is 29.0. The van der Waals surface area contributed by atoms with Gasteiger partial charge in [-0.1, -0.05) is 91.1 Å². The Bertz CT molecular complexity index is 1430. The zero-order chi connectivity index (χ0) is 30.7. The summed E-state index contributed by atoms with van der Waals surface area (Å²) in [4.78, 5) is 18.1. The van der Waals surface area contributed by atoms with Crippen molar-refractivity contribution in [2.24, 2.45) is 0 Å². The molecule has 3 aromatic rings. The molecular formula is C34H41N3O4S2. The SMILES string of the molecule is C=C(NC(=O)N(CCC(c1ccccc1)c1ccccc1)CCN1CCOCC1)S/C=C(\C)c1ccc(S(C)(=O)=O)cc1. The van der Waals surface area contributed by atoms with Gasteiger partial charge in [-0.2, -0.15) is 0 Å². The molecule has 0 saturated carbocycles. The lowest BCUT2D eigenvalue weighted by atomic mass is 9.88. The van der Waals surface area contributed by atoms with Crippen LogP contribution in [0.4, 0.5) is 4.79 Å². The van der Waals surface area contributed by atoms with E-state index in [9.17, 15) is 13.2 Å². The average molecular weight is 620 g/mol. The molecule has 1 aliphatic rings. The van der Waals surface area contributed by atoms with Crippen molar-refractivity contribution in [1.29, 1.82) is 0 Å². The van der Waals surface area contributed by atoms with Gasteiger partial charge in [0.2, 0.25) is 0 Å². The van der Waals surface area contributed by atoms with Crippen LogP contribution >= 0.6 is 11.8 Å². The standard InChI is InChI=1S/C34H41N3O4S2/c1-27(29-14-16-32(17-15-29)43(3,39)40)26-42-28(2)35-34(38)37(21-20-36-22-24-41-25-23-36)19-18-33(30-10-6-4-7-11-30)31-12-8-5-9-13-31/h4-17,26,33H,2,18-25H2,1,3H3,(H,35,38)/b27-26+. The summed E-state index contributed by atoms with van der Waals surface area (Å²) in [7, 11) is -3.25. The predicted octanol–water partition coefficient (Wildman–Crippen LogP) is 6.22. The van der Waals surface area contributed by atoms with Crippen LogP contribution in [0, 0.1) is 0 Å². The summed E-state index contributed by atoms with van der Waals surface area (Å²) in [6.45, 7) is 11.2. The molecule has 0 aliphatic carbocycles. The fourth-order valence-corrected chi connectivity index (χ4v) is 6.24. The smallest absolute Gasteiger partial charge is 0.322 e. The third-order valence-corrected chi connectivity index (χ3v) is 9.52. The molecule has 3 aromatic carbocycles. The number of urea groups is 1. The van der Waals surface area contributed by atoms with Crippen molar-refractivity contribution in [1.82, 2.24) is 15.1 Å². The van der Waals surface area contributed by atoms with Gasteiger partial charge in [0.15, 0.2) is 9.84 Å². The van der Waals surface area contributed by atoms with Crippen LogP contribution in [-0.4, -0.2) is 76.4 Å². The Morgan fingerprint density at radius 3 is 2.12 bits per heavy atom. The third kappa shape index (κ3) is 10.1. The molecule has 1 aliphatic heterocycles. The maximum Gasteiger partial charge on any atom is 0.322 e. The molecule has 4 rings (SSSR count). The number of rotatable bonds is 13. The first-order valence-electron chi connectivity index (χ1n) is 14.5. The Balaban J connectivity index is 1.42. The Kier molecular flexibility index (Phi) is 12.0. The summed E-state index contributed by atoms with van der Waals surface area (Å²) in [5.41, 5.74) is 4.30. The van der Waals surface area contributed by atoms with Crippen molar-refractivity contribution in [2.75, 3.05) is 52.2 Å². The van der Waals surface area contributed by atoms with E-state index in [1.54, 1.807) is 24.3 Å². The van der Waals surface area contributed by atoms with Crippen molar-refractivity contribution in [3.8, 4) is 0 Å². The molecule has 1 N–H and O–H groups in total. The number of carbonyl (C=O) groups excluding carboxylic acids is 1. The minimum absolute atomic E-state index is 0.165. The van der Waals surface area contributed by atoms with Gasteiger partial charge < -0.3 is 15.0 Å². The molecule has 228 valence electrons. The molecule has 0 unspecified atom stereocenters. The lowest BCUT2D eigenvalue weighted by Gasteiger charge is -2.31. The molecule has 2 amide bonds. The number of ether oxygens (including phenoxy) is 1. The number of hydrogen-bond donors (Lipinski definition) is 1. The average Bonchev–Trinajstić information content (AvgIpc) is 3.02. The number of morpholine rings is 1. The molecule has 0 spiro atoms. The fraction of sp³-hybridized carbons (Fsp3) is 0.324. The van der Waals surface area contributed by atoms with Crippen LogP contribution < -0.4 is 5.32 Å². The Morgan fingerprint density at radius 2 is 1.56 bits per heavy atom. The lowest BCUT2D eigenvalue weighted by Crippen LogP contribution is -2.46. The molecule has 0 bridgehead atoms. The number of nitrogens with zero attached hydrogens (tertiary/aromatic N) is 2. The zero-order valence-corrected chi connectivity index (χ0v) is 26.6. The minimum Gasteiger partial charge on any atom is -0.379 e. The van der Waals surface area contributed by atoms with E-state index in [1.807, 2.05) is 29.4 Å². The van der Waals surface area contributed by atoms with E-state index in [-0.39, 0.29) is 16.8 Å². The highest BCUT2D eigenvalue weighted by molar-refractivity contribution is 8.05. The van der Waals surface area contributed by atoms with Crippen molar-refractivity contribution in [3.05, 3.63) is 119 Å². The van der Waals surface area contributed by atoms with Gasteiger partial charge in [-0.05, 0) is 53.1 Å². The van der Waals surface area contributed by atoms with Crippen LogP contribution in [0.15, 0.2) is 107 Å². The molecular weight excluding hydrogens is 579 g/mol. The third-order valence-electron chi connectivity index (χ3n) is 7.53. The molecule has 9 heteroatoms. The van der Waals surface area contributed by atoms with E-state index in [0.717, 1.165) is 37.2 Å². The molecule has 1 saturated heterocycles. The molecule has 1 fully saturated rings. The zero-order valence-electron chi connectivity index (χ0n) is 24.9. The number of amides is 2. The van der Waals surface area contributed by atoms with Gasteiger partial charge in [0.25, 0.3) is 0 Å². The topological polar surface area (TPSA) is 79.0 Å². The maximum absolute atomic E-state index is 13.6. The number of hydrogen-bond acceptors (Lipinski definition) is 6. The molecule has 0 aromatic heterocycles. The van der Waals surface area contributed by atoms with Crippen LogP contribution in [0.1, 0.15) is 36.0 Å². The molecule has 0 radical (unpaired) electrons. The largest absolute Gasteiger partial charge is 0.379 e. The van der Waals surface area contributed by atoms with Gasteiger partial charge in [0.05, 0.1) is 23.1 Å². The summed E-state index contributed by atoms with van der Waals surface area (Å²) in [6, 6.07) is 27.5. The quantitative estimate of drug-likeness (QED) is 0.245. The van der Waals surface area contributed by atoms with Crippen LogP contribution in [0.5, 0.6) is 0 Å². The first-order valence-corrected chi connectivity index (χ1v) is 17.3. The molecule has 1 heterocycles. The first-order chi connectivity index (χ1) is 20.7. The number of allylic oxidation sites excluding steroid dienone is 1. The van der Waals surface area contributed by atoms with E-state index < -0.39 is 9.84 Å². The lowest BCUT2D eigenvalue weighted by molar-refractivity contribution is 0.0349. The minimum atomic E-state index is -3.25. The molecule has 43 heavy (non-hydrogen) atoms. The van der Waals surface area contributed by atoms with E-state index in [1.165, 1.54) is 29.1 Å². The summed E-state index contributed by atoms with van der Waals surface area (Å²) in [5.74, 6) is 0.165. The van der Waals surface area contributed by atoms with Gasteiger partial charge in [0, 0.05) is 44.9 Å². The van der Waals surface area contributed by atoms with Crippen LogP contribution in [-0.2, 0) is 14.6 Å². The Morgan fingerprint density at radius 1 is 0.977 bits per heavy atom. The summed E-state index contributed by atoms with van der Waals surface area (Å²) >= 11 is 1.34. The van der Waals surface area contributed by atoms with Crippen molar-refractivity contribution >= 4 is 33.2 Å². The van der Waals surface area contributed by atoms with E-state index in [0.29, 0.717) is 31.3 Å². The van der Waals surface area contributed by atoms with Gasteiger partial charge in [-0.3, -0.25) is 4.90 Å². The summed E-state index contributed by atoms with van der Waals surface area (Å²) in [6.07, 6.45) is 1.98. The van der Waals surface area contributed by atoms with Crippen LogP contribution in [0.3, 0.4) is 0 Å². The number of benzene rings is 3. The van der Waals surface area contributed by atoms with Crippen molar-refractivity contribution in [2.45, 2.75) is 24.2 Å². The predicted molar refractivity (Wildman–Crippen MR) is 177 cm³/mol. The van der Waals surface area contributed by atoms with E-state index in [4.69, 9.17) is 4.74 Å². The highest BCUT2D eigenvalue weighted by Crippen LogP contribution is 2.28. The van der Waals surface area contributed by atoms with Crippen molar-refractivity contribution < 1.29 is 17.9 Å². The number of nitrogens with one attached hydrogen (secondary N) is 1. The second-order valence-corrected chi connectivity index (χ2v) is 13.7. The van der Waals surface area contributed by atoms with E-state index in [2.05, 4.69) is 65.3 Å². The van der Waals surface area contributed by atoms with Crippen molar-refractivity contribution in [3.63, 3.8) is 0 Å². The van der Waals surface area contributed by atoms with E-state index >= 15 is 0 Å². The number of thioether (sulfide) groups is 1. The summed E-state index contributed by atoms with van der Waals surface area (Å²) in [5, 5.41) is 5.43. The van der Waals surface area contributed by atoms with Gasteiger partial charge >= 0.3 is 6.03 Å². The van der Waals surface area contributed by atoms with Crippen LogP contribution in [0.2, 0.25) is 0 Å². The first kappa shape index (κ1) is 32.5. The normalized spacial score (nSPS) is 14.4. The molecule has 0 atom stereocenters. The molecule has 7 nitrogen and oxygen atoms in total. The van der Waals surface area contributed by atoms with Gasteiger partial charge in [-0.25, -0.2) is 13.2 Å². The Labute approximate surface area is 260 Å². The van der Waals surface area contributed by atoms with Gasteiger partial charge in [-0.15, -0.1) is 0 Å². The maximum atomic E-state index is 13.6. The van der Waals surface area contributed by atoms with Gasteiger partial charge in [0.1, 0.15) is 0 Å². The second-order valence-electron chi connectivity index (χ2n) is 10.7. The second kappa shape index (κ2) is 15.9. The highest BCUT2D eigenvalue weighted by atomic mass is 32.2. The fourth-order valence-electron chi connectivity index (χ4n) is 5.00. The highest BCUT2D eigenvalue weighted by Gasteiger charge is 2.21. The number of carbonyl (C=O) groups is 1. The monoisotopic (exact) mass is 619 g/mol.